The Labute approximate surface area is 124 Å². The molecule has 0 aliphatic rings. The van der Waals surface area contributed by atoms with E-state index in [2.05, 4.69) is 37.2 Å². The lowest BCUT2D eigenvalue weighted by Crippen LogP contribution is -2.16. The van der Waals surface area contributed by atoms with Crippen molar-refractivity contribution >= 4 is 43.5 Å². The lowest BCUT2D eigenvalue weighted by molar-refractivity contribution is 0.101. The molecule has 3 nitrogen and oxygen atoms in total. The number of benzene rings is 1. The van der Waals surface area contributed by atoms with Gasteiger partial charge in [-0.2, -0.15) is 0 Å². The largest absolute Gasteiger partial charge is 0.345 e. The number of hydrogen-bond donors (Lipinski definition) is 1. The molecule has 0 spiro atoms. The topological polar surface area (TPSA) is 34.0 Å². The van der Waals surface area contributed by atoms with Crippen LogP contribution in [0.15, 0.2) is 33.3 Å². The molecule has 0 fully saturated rings. The van der Waals surface area contributed by atoms with Gasteiger partial charge in [0.25, 0.3) is 5.91 Å². The molecule has 0 atom stereocenters. The van der Waals surface area contributed by atoms with Gasteiger partial charge in [0.1, 0.15) is 17.3 Å². The molecule has 0 aliphatic heterocycles. The van der Waals surface area contributed by atoms with E-state index < -0.39 is 17.5 Å². The number of nitrogens with one attached hydrogen (secondary N) is 1. The quantitative estimate of drug-likeness (QED) is 0.766. The third-order valence-electron chi connectivity index (χ3n) is 2.46. The lowest BCUT2D eigenvalue weighted by Gasteiger charge is -2.08. The molecular weight excluding hydrogens is 386 g/mol. The van der Waals surface area contributed by atoms with Gasteiger partial charge in [-0.1, -0.05) is 0 Å². The van der Waals surface area contributed by atoms with Gasteiger partial charge in [-0.15, -0.1) is 0 Å². The number of nitrogens with zero attached hydrogens (tertiary/aromatic N) is 1. The van der Waals surface area contributed by atoms with Crippen molar-refractivity contribution in [2.45, 2.75) is 0 Å². The highest BCUT2D eigenvalue weighted by molar-refractivity contribution is 9.10. The van der Waals surface area contributed by atoms with E-state index in [1.165, 1.54) is 6.07 Å². The van der Waals surface area contributed by atoms with Crippen LogP contribution >= 0.6 is 31.9 Å². The number of aryl methyl sites for hydroxylation is 1. The molecule has 1 heterocycles. The van der Waals surface area contributed by atoms with Gasteiger partial charge in [-0.25, -0.2) is 8.78 Å². The molecule has 0 bridgehead atoms. The van der Waals surface area contributed by atoms with E-state index >= 15 is 0 Å². The fraction of sp³-hybridized carbons (Fsp3) is 0.0833. The highest BCUT2D eigenvalue weighted by atomic mass is 79.9. The van der Waals surface area contributed by atoms with Crippen molar-refractivity contribution in [1.29, 1.82) is 0 Å². The zero-order valence-corrected chi connectivity index (χ0v) is 12.8. The van der Waals surface area contributed by atoms with Gasteiger partial charge in [-0.05, 0) is 44.0 Å². The summed E-state index contributed by atoms with van der Waals surface area (Å²) in [5.74, 6) is -2.04. The molecule has 0 aliphatic carbocycles. The minimum absolute atomic E-state index is 0.0808. The van der Waals surface area contributed by atoms with Gasteiger partial charge in [0.05, 0.1) is 10.2 Å². The SMILES string of the molecule is Cn1cc(Br)cc1C(=O)Nc1cc(Br)c(F)cc1F. The van der Waals surface area contributed by atoms with Gasteiger partial charge in [0.15, 0.2) is 0 Å². The molecule has 0 unspecified atom stereocenters. The van der Waals surface area contributed by atoms with Crippen LogP contribution in [0.4, 0.5) is 14.5 Å². The second kappa shape index (κ2) is 5.42. The van der Waals surface area contributed by atoms with Crippen LogP contribution in [-0.4, -0.2) is 10.5 Å². The highest BCUT2D eigenvalue weighted by Crippen LogP contribution is 2.24. The fourth-order valence-electron chi connectivity index (χ4n) is 1.55. The first-order valence-corrected chi connectivity index (χ1v) is 6.75. The lowest BCUT2D eigenvalue weighted by atomic mass is 10.3. The second-order valence-electron chi connectivity index (χ2n) is 3.85. The van der Waals surface area contributed by atoms with Gasteiger partial charge in [0.2, 0.25) is 0 Å². The number of hydrogen-bond acceptors (Lipinski definition) is 1. The van der Waals surface area contributed by atoms with Gasteiger partial charge < -0.3 is 9.88 Å². The van der Waals surface area contributed by atoms with Gasteiger partial charge in [0, 0.05) is 23.8 Å². The van der Waals surface area contributed by atoms with E-state index in [1.807, 2.05) is 0 Å². The Morgan fingerprint density at radius 1 is 1.21 bits per heavy atom. The van der Waals surface area contributed by atoms with Crippen LogP contribution in [0.3, 0.4) is 0 Å². The van der Waals surface area contributed by atoms with Crippen molar-refractivity contribution in [3.63, 3.8) is 0 Å². The maximum Gasteiger partial charge on any atom is 0.272 e. The molecule has 0 radical (unpaired) electrons. The number of carbonyl (C=O) groups is 1. The molecule has 0 saturated carbocycles. The van der Waals surface area contributed by atoms with E-state index in [0.29, 0.717) is 11.8 Å². The van der Waals surface area contributed by atoms with Crippen LogP contribution in [0.25, 0.3) is 0 Å². The van der Waals surface area contributed by atoms with E-state index in [4.69, 9.17) is 0 Å². The van der Waals surface area contributed by atoms with Crippen molar-refractivity contribution < 1.29 is 13.6 Å². The minimum atomic E-state index is -0.831. The maximum atomic E-state index is 13.5. The number of aromatic nitrogens is 1. The third kappa shape index (κ3) is 3.03. The third-order valence-corrected chi connectivity index (χ3v) is 3.50. The number of anilines is 1. The van der Waals surface area contributed by atoms with Crippen LogP contribution in [0.5, 0.6) is 0 Å². The summed E-state index contributed by atoms with van der Waals surface area (Å²) in [4.78, 5) is 12.0. The standard InChI is InChI=1S/C12H8Br2F2N2O/c1-18-5-6(13)2-11(18)12(19)17-10-3-7(14)8(15)4-9(10)16/h2-5H,1H3,(H,17,19). The maximum absolute atomic E-state index is 13.5. The number of rotatable bonds is 2. The summed E-state index contributed by atoms with van der Waals surface area (Å²) in [7, 11) is 1.69. The summed E-state index contributed by atoms with van der Waals surface area (Å²) in [6.07, 6.45) is 1.70. The van der Waals surface area contributed by atoms with Crippen molar-refractivity contribution in [2.24, 2.45) is 7.05 Å². The predicted octanol–water partition coefficient (Wildman–Crippen LogP) is 4.08. The Hall–Kier alpha value is -1.21. The van der Waals surface area contributed by atoms with Crippen LogP contribution in [-0.2, 0) is 7.05 Å². The Morgan fingerprint density at radius 2 is 1.89 bits per heavy atom. The summed E-state index contributed by atoms with van der Waals surface area (Å²) in [5.41, 5.74) is 0.266. The summed E-state index contributed by atoms with van der Waals surface area (Å²) in [6, 6.07) is 3.49. The Morgan fingerprint density at radius 3 is 2.47 bits per heavy atom. The van der Waals surface area contributed by atoms with Gasteiger partial charge in [-0.3, -0.25) is 4.79 Å². The molecule has 7 heteroatoms. The summed E-state index contributed by atoms with van der Waals surface area (Å²) >= 11 is 6.18. The van der Waals surface area contributed by atoms with Crippen LogP contribution < -0.4 is 5.32 Å². The monoisotopic (exact) mass is 392 g/mol. The van der Waals surface area contributed by atoms with Crippen LogP contribution in [0.2, 0.25) is 0 Å². The van der Waals surface area contributed by atoms with E-state index in [1.54, 1.807) is 23.9 Å². The molecule has 2 rings (SSSR count). The van der Waals surface area contributed by atoms with E-state index in [-0.39, 0.29) is 10.2 Å². The number of amides is 1. The zero-order valence-electron chi connectivity index (χ0n) is 9.68. The Balaban J connectivity index is 2.29. The summed E-state index contributed by atoms with van der Waals surface area (Å²) in [5, 5.41) is 2.40. The molecule has 100 valence electrons. The van der Waals surface area contributed by atoms with Crippen LogP contribution in [0.1, 0.15) is 10.5 Å². The van der Waals surface area contributed by atoms with Crippen LogP contribution in [0, 0.1) is 11.6 Å². The normalized spacial score (nSPS) is 10.6. The predicted molar refractivity (Wildman–Crippen MR) is 75.1 cm³/mol. The van der Waals surface area contributed by atoms with Crippen molar-refractivity contribution in [2.75, 3.05) is 5.32 Å². The average molecular weight is 394 g/mol. The molecule has 1 aromatic carbocycles. The van der Waals surface area contributed by atoms with Gasteiger partial charge >= 0.3 is 0 Å². The summed E-state index contributed by atoms with van der Waals surface area (Å²) in [6.45, 7) is 0. The summed E-state index contributed by atoms with van der Waals surface area (Å²) < 4.78 is 29.0. The van der Waals surface area contributed by atoms with Crippen molar-refractivity contribution in [3.05, 3.63) is 50.7 Å². The molecule has 1 N–H and O–H groups in total. The first kappa shape index (κ1) is 14.2. The second-order valence-corrected chi connectivity index (χ2v) is 5.62. The highest BCUT2D eigenvalue weighted by Gasteiger charge is 2.15. The number of halogens is 4. The zero-order chi connectivity index (χ0) is 14.2. The number of carbonyl (C=O) groups excluding carboxylic acids is 1. The Bertz CT molecular complexity index is 655. The molecule has 0 saturated heterocycles. The first-order valence-electron chi connectivity index (χ1n) is 5.16. The van der Waals surface area contributed by atoms with E-state index in [9.17, 15) is 13.6 Å². The fourth-order valence-corrected chi connectivity index (χ4v) is 2.42. The molecule has 2 aromatic rings. The average Bonchev–Trinajstić information content (AvgIpc) is 2.65. The smallest absolute Gasteiger partial charge is 0.272 e. The van der Waals surface area contributed by atoms with Crippen molar-refractivity contribution in [3.8, 4) is 0 Å². The Kier molecular flexibility index (Phi) is 4.05. The molecule has 19 heavy (non-hydrogen) atoms. The molecular formula is C12H8Br2F2N2O. The van der Waals surface area contributed by atoms with E-state index in [0.717, 1.165) is 4.47 Å². The van der Waals surface area contributed by atoms with Crippen molar-refractivity contribution in [1.82, 2.24) is 4.57 Å². The first-order chi connectivity index (χ1) is 8.88. The molecule has 1 amide bonds. The minimum Gasteiger partial charge on any atom is -0.345 e. The molecule has 1 aromatic heterocycles.